The van der Waals surface area contributed by atoms with E-state index in [4.69, 9.17) is 4.74 Å². The molecule has 0 radical (unpaired) electrons. The number of nitro groups is 1. The standard InChI is InChI=1S/C14H13F3N4O3/c1-3-24-12-11(14(15,16)17)8-18-13(19-12)20(2)9-5-4-6-10(7-9)21(22)23/h4-8H,3H2,1-2H3. The minimum absolute atomic E-state index is 0.0000559. The van der Waals surface area contributed by atoms with Gasteiger partial charge in [-0.15, -0.1) is 0 Å². The SMILES string of the molecule is CCOc1nc(N(C)c2cccc([N+](=O)[O-])c2)ncc1C(F)(F)F. The fraction of sp³-hybridized carbons (Fsp3) is 0.286. The lowest BCUT2D eigenvalue weighted by molar-refractivity contribution is -0.384. The molecule has 1 aromatic carbocycles. The maximum absolute atomic E-state index is 12.9. The van der Waals surface area contributed by atoms with Crippen LogP contribution in [0.2, 0.25) is 0 Å². The largest absolute Gasteiger partial charge is 0.477 e. The fourth-order valence-electron chi connectivity index (χ4n) is 1.89. The molecule has 128 valence electrons. The minimum Gasteiger partial charge on any atom is -0.477 e. The van der Waals surface area contributed by atoms with E-state index in [1.165, 1.54) is 37.1 Å². The van der Waals surface area contributed by atoms with Crippen molar-refractivity contribution in [2.24, 2.45) is 0 Å². The lowest BCUT2D eigenvalue weighted by Gasteiger charge is -2.19. The molecular weight excluding hydrogens is 329 g/mol. The van der Waals surface area contributed by atoms with E-state index in [2.05, 4.69) is 9.97 Å². The van der Waals surface area contributed by atoms with Gasteiger partial charge in [0.2, 0.25) is 11.8 Å². The number of halogens is 3. The lowest BCUT2D eigenvalue weighted by Crippen LogP contribution is -2.17. The molecule has 0 fully saturated rings. The van der Waals surface area contributed by atoms with E-state index < -0.39 is 22.5 Å². The van der Waals surface area contributed by atoms with Crippen LogP contribution in [0.4, 0.5) is 30.5 Å². The molecule has 0 aliphatic heterocycles. The number of nitro benzene ring substituents is 1. The Hall–Kier alpha value is -2.91. The van der Waals surface area contributed by atoms with Gasteiger partial charge in [-0.05, 0) is 13.0 Å². The zero-order valence-electron chi connectivity index (χ0n) is 12.7. The Morgan fingerprint density at radius 3 is 2.67 bits per heavy atom. The molecule has 0 unspecified atom stereocenters. The third-order valence-corrected chi connectivity index (χ3v) is 3.06. The molecule has 2 aromatic rings. The summed E-state index contributed by atoms with van der Waals surface area (Å²) in [6.45, 7) is 1.53. The van der Waals surface area contributed by atoms with E-state index in [0.29, 0.717) is 11.9 Å². The molecular formula is C14H13F3N4O3. The summed E-state index contributed by atoms with van der Waals surface area (Å²) in [5.41, 5.74) is -0.886. The summed E-state index contributed by atoms with van der Waals surface area (Å²) < 4.78 is 43.7. The molecule has 0 spiro atoms. The first-order valence-electron chi connectivity index (χ1n) is 6.79. The van der Waals surface area contributed by atoms with Crippen molar-refractivity contribution in [3.63, 3.8) is 0 Å². The monoisotopic (exact) mass is 342 g/mol. The average Bonchev–Trinajstić information content (AvgIpc) is 2.53. The number of hydrogen-bond acceptors (Lipinski definition) is 6. The van der Waals surface area contributed by atoms with Gasteiger partial charge in [-0.3, -0.25) is 10.1 Å². The smallest absolute Gasteiger partial charge is 0.423 e. The van der Waals surface area contributed by atoms with Crippen molar-refractivity contribution in [1.29, 1.82) is 0 Å². The Labute approximate surface area is 134 Å². The average molecular weight is 342 g/mol. The number of benzene rings is 1. The lowest BCUT2D eigenvalue weighted by atomic mass is 10.2. The zero-order valence-corrected chi connectivity index (χ0v) is 12.7. The van der Waals surface area contributed by atoms with Crippen LogP contribution in [0.3, 0.4) is 0 Å². The third-order valence-electron chi connectivity index (χ3n) is 3.06. The van der Waals surface area contributed by atoms with Crippen molar-refractivity contribution in [3.05, 3.63) is 46.1 Å². The highest BCUT2D eigenvalue weighted by atomic mass is 19.4. The molecule has 0 N–H and O–H groups in total. The minimum atomic E-state index is -4.65. The van der Waals surface area contributed by atoms with Crippen molar-refractivity contribution in [2.45, 2.75) is 13.1 Å². The Morgan fingerprint density at radius 1 is 1.38 bits per heavy atom. The fourth-order valence-corrected chi connectivity index (χ4v) is 1.89. The van der Waals surface area contributed by atoms with Crippen LogP contribution in [-0.4, -0.2) is 28.5 Å². The summed E-state index contributed by atoms with van der Waals surface area (Å²) in [5.74, 6) is -0.667. The number of ether oxygens (including phenoxy) is 1. The van der Waals surface area contributed by atoms with Crippen molar-refractivity contribution in [1.82, 2.24) is 9.97 Å². The quantitative estimate of drug-likeness (QED) is 0.610. The van der Waals surface area contributed by atoms with Crippen LogP contribution in [-0.2, 0) is 6.18 Å². The van der Waals surface area contributed by atoms with Gasteiger partial charge in [-0.25, -0.2) is 4.98 Å². The molecule has 0 bridgehead atoms. The maximum Gasteiger partial charge on any atom is 0.423 e. The van der Waals surface area contributed by atoms with Gasteiger partial charge in [0.25, 0.3) is 5.69 Å². The summed E-state index contributed by atoms with van der Waals surface area (Å²) in [6.07, 6.45) is -4.02. The second-order valence-corrected chi connectivity index (χ2v) is 4.66. The number of rotatable bonds is 5. The Morgan fingerprint density at radius 2 is 2.08 bits per heavy atom. The van der Waals surface area contributed by atoms with E-state index in [1.807, 2.05) is 0 Å². The molecule has 0 saturated heterocycles. The van der Waals surface area contributed by atoms with Crippen molar-refractivity contribution in [2.75, 3.05) is 18.6 Å². The van der Waals surface area contributed by atoms with Crippen molar-refractivity contribution >= 4 is 17.3 Å². The van der Waals surface area contributed by atoms with Crippen LogP contribution in [0.25, 0.3) is 0 Å². The summed E-state index contributed by atoms with van der Waals surface area (Å²) in [6, 6.07) is 5.57. The molecule has 0 amide bonds. The van der Waals surface area contributed by atoms with Crippen LogP contribution in [0.5, 0.6) is 5.88 Å². The van der Waals surface area contributed by atoms with Crippen molar-refractivity contribution in [3.8, 4) is 5.88 Å². The molecule has 0 aliphatic carbocycles. The number of non-ortho nitro benzene ring substituents is 1. The highest BCUT2D eigenvalue weighted by Gasteiger charge is 2.36. The number of alkyl halides is 3. The van der Waals surface area contributed by atoms with Crippen molar-refractivity contribution < 1.29 is 22.8 Å². The first kappa shape index (κ1) is 17.4. The predicted octanol–water partition coefficient (Wildman–Crippen LogP) is 3.57. The van der Waals surface area contributed by atoms with Gasteiger partial charge in [0.05, 0.1) is 17.2 Å². The van der Waals surface area contributed by atoms with E-state index in [0.717, 1.165) is 0 Å². The van der Waals surface area contributed by atoms with E-state index >= 15 is 0 Å². The molecule has 2 rings (SSSR count). The Kier molecular flexibility index (Phi) is 4.86. The number of aromatic nitrogens is 2. The van der Waals surface area contributed by atoms with Gasteiger partial charge in [0.15, 0.2) is 0 Å². The second kappa shape index (κ2) is 6.69. The topological polar surface area (TPSA) is 81.4 Å². The maximum atomic E-state index is 12.9. The second-order valence-electron chi connectivity index (χ2n) is 4.66. The molecule has 7 nitrogen and oxygen atoms in total. The van der Waals surface area contributed by atoms with E-state index in [1.54, 1.807) is 6.07 Å². The summed E-state index contributed by atoms with van der Waals surface area (Å²) in [7, 11) is 1.48. The van der Waals surface area contributed by atoms with Gasteiger partial charge in [0, 0.05) is 25.4 Å². The zero-order chi connectivity index (χ0) is 17.9. The van der Waals surface area contributed by atoms with E-state index in [-0.39, 0.29) is 18.2 Å². The van der Waals surface area contributed by atoms with Crippen LogP contribution in [0, 0.1) is 10.1 Å². The molecule has 10 heteroatoms. The third kappa shape index (κ3) is 3.70. The molecule has 0 saturated carbocycles. The normalized spacial score (nSPS) is 11.2. The first-order valence-corrected chi connectivity index (χ1v) is 6.79. The predicted molar refractivity (Wildman–Crippen MR) is 79.4 cm³/mol. The van der Waals surface area contributed by atoms with Gasteiger partial charge in [-0.1, -0.05) is 6.07 Å². The first-order chi connectivity index (χ1) is 11.2. The van der Waals surface area contributed by atoms with Gasteiger partial charge < -0.3 is 9.64 Å². The number of nitrogens with zero attached hydrogens (tertiary/aromatic N) is 4. The Bertz CT molecular complexity index is 752. The van der Waals surface area contributed by atoms with Crippen LogP contribution >= 0.6 is 0 Å². The molecule has 1 heterocycles. The van der Waals surface area contributed by atoms with Gasteiger partial charge in [-0.2, -0.15) is 18.2 Å². The molecule has 0 atom stereocenters. The Balaban J connectivity index is 2.43. The summed E-state index contributed by atoms with van der Waals surface area (Å²) in [4.78, 5) is 19.0. The number of anilines is 2. The summed E-state index contributed by atoms with van der Waals surface area (Å²) >= 11 is 0. The van der Waals surface area contributed by atoms with E-state index in [9.17, 15) is 23.3 Å². The van der Waals surface area contributed by atoms with Gasteiger partial charge in [0.1, 0.15) is 5.56 Å². The highest BCUT2D eigenvalue weighted by molar-refractivity contribution is 5.60. The van der Waals surface area contributed by atoms with Gasteiger partial charge >= 0.3 is 6.18 Å². The van der Waals surface area contributed by atoms with Crippen LogP contribution < -0.4 is 9.64 Å². The van der Waals surface area contributed by atoms with Crippen LogP contribution in [0.15, 0.2) is 30.5 Å². The molecule has 1 aromatic heterocycles. The highest BCUT2D eigenvalue weighted by Crippen LogP contribution is 2.36. The molecule has 24 heavy (non-hydrogen) atoms. The molecule has 0 aliphatic rings. The van der Waals surface area contributed by atoms with Crippen LogP contribution in [0.1, 0.15) is 12.5 Å². The summed E-state index contributed by atoms with van der Waals surface area (Å²) in [5, 5.41) is 10.8. The number of hydrogen-bond donors (Lipinski definition) is 0.